The number of nitrogens with two attached hydrogens (primary N) is 2. The van der Waals surface area contributed by atoms with Crippen molar-refractivity contribution in [1.82, 2.24) is 4.98 Å². The summed E-state index contributed by atoms with van der Waals surface area (Å²) >= 11 is 2.22. The van der Waals surface area contributed by atoms with Crippen LogP contribution in [0.2, 0.25) is 0 Å². The third kappa shape index (κ3) is 3.89. The van der Waals surface area contributed by atoms with Crippen molar-refractivity contribution in [2.24, 2.45) is 11.5 Å². The topological polar surface area (TPSA) is 64.9 Å². The van der Waals surface area contributed by atoms with Crippen LogP contribution in [0, 0.1) is 3.57 Å². The minimum absolute atomic E-state index is 0.0769. The third-order valence-corrected chi connectivity index (χ3v) is 2.51. The molecule has 4 heteroatoms. The highest BCUT2D eigenvalue weighted by molar-refractivity contribution is 14.1. The SMILES string of the molecule is CC(C)(N)CC(N)c1ccc(I)cn1. The van der Waals surface area contributed by atoms with Crippen molar-refractivity contribution in [1.29, 1.82) is 0 Å². The molecule has 0 aliphatic rings. The van der Waals surface area contributed by atoms with Gasteiger partial charge in [0.15, 0.2) is 0 Å². The van der Waals surface area contributed by atoms with Crippen molar-refractivity contribution >= 4 is 22.6 Å². The van der Waals surface area contributed by atoms with E-state index in [-0.39, 0.29) is 11.6 Å². The maximum atomic E-state index is 5.99. The summed E-state index contributed by atoms with van der Waals surface area (Å²) in [7, 11) is 0. The first-order chi connectivity index (χ1) is 6.38. The predicted octanol–water partition coefficient (Wildman–Crippen LogP) is 1.81. The van der Waals surface area contributed by atoms with Crippen molar-refractivity contribution in [3.05, 3.63) is 27.6 Å². The molecule has 14 heavy (non-hydrogen) atoms. The van der Waals surface area contributed by atoms with E-state index in [9.17, 15) is 0 Å². The summed E-state index contributed by atoms with van der Waals surface area (Å²) < 4.78 is 1.12. The van der Waals surface area contributed by atoms with E-state index in [2.05, 4.69) is 27.6 Å². The maximum Gasteiger partial charge on any atom is 0.0572 e. The number of rotatable bonds is 3. The molecule has 0 saturated heterocycles. The van der Waals surface area contributed by atoms with Crippen LogP contribution in [0.25, 0.3) is 0 Å². The van der Waals surface area contributed by atoms with Crippen molar-refractivity contribution in [3.8, 4) is 0 Å². The highest BCUT2D eigenvalue weighted by atomic mass is 127. The zero-order chi connectivity index (χ0) is 10.8. The molecule has 1 atom stereocenters. The molecule has 3 nitrogen and oxygen atoms in total. The van der Waals surface area contributed by atoms with Gasteiger partial charge in [-0.1, -0.05) is 0 Å². The van der Waals surface area contributed by atoms with Crippen molar-refractivity contribution < 1.29 is 0 Å². The van der Waals surface area contributed by atoms with Crippen LogP contribution in [0.5, 0.6) is 0 Å². The van der Waals surface area contributed by atoms with E-state index < -0.39 is 0 Å². The Morgan fingerprint density at radius 3 is 2.57 bits per heavy atom. The molecule has 1 unspecified atom stereocenters. The molecule has 1 aromatic rings. The van der Waals surface area contributed by atoms with Crippen molar-refractivity contribution in [2.45, 2.75) is 31.8 Å². The second-order valence-electron chi connectivity index (χ2n) is 4.20. The van der Waals surface area contributed by atoms with Crippen LogP contribution in [0.1, 0.15) is 32.0 Å². The lowest BCUT2D eigenvalue weighted by Gasteiger charge is -2.22. The first-order valence-corrected chi connectivity index (χ1v) is 5.62. The number of aromatic nitrogens is 1. The second kappa shape index (κ2) is 4.55. The van der Waals surface area contributed by atoms with Gasteiger partial charge in [-0.05, 0) is 55.0 Å². The molecule has 1 rings (SSSR count). The number of nitrogens with zero attached hydrogens (tertiary/aromatic N) is 1. The van der Waals surface area contributed by atoms with Gasteiger partial charge in [-0.2, -0.15) is 0 Å². The van der Waals surface area contributed by atoms with Gasteiger partial charge in [0.05, 0.1) is 5.69 Å². The van der Waals surface area contributed by atoms with Crippen LogP contribution in [0.15, 0.2) is 18.3 Å². The van der Waals surface area contributed by atoms with Crippen LogP contribution in [-0.2, 0) is 0 Å². The van der Waals surface area contributed by atoms with Gasteiger partial charge >= 0.3 is 0 Å². The van der Waals surface area contributed by atoms with E-state index in [1.165, 1.54) is 0 Å². The number of halogens is 1. The Hall–Kier alpha value is -0.200. The van der Waals surface area contributed by atoms with E-state index in [4.69, 9.17) is 11.5 Å². The Balaban J connectivity index is 2.70. The summed E-state index contributed by atoms with van der Waals surface area (Å²) in [5, 5.41) is 0. The van der Waals surface area contributed by atoms with Gasteiger partial charge in [-0.25, -0.2) is 0 Å². The van der Waals surface area contributed by atoms with Crippen molar-refractivity contribution in [2.75, 3.05) is 0 Å². The fourth-order valence-corrected chi connectivity index (χ4v) is 1.60. The average Bonchev–Trinajstić information content (AvgIpc) is 2.02. The molecule has 0 spiro atoms. The standard InChI is InChI=1S/C10H16IN3/c1-10(2,13)5-8(12)9-4-3-7(11)6-14-9/h3-4,6,8H,5,12-13H2,1-2H3. The van der Waals surface area contributed by atoms with Gasteiger partial charge < -0.3 is 11.5 Å². The van der Waals surface area contributed by atoms with Gasteiger partial charge in [0.25, 0.3) is 0 Å². The second-order valence-corrected chi connectivity index (χ2v) is 5.45. The minimum Gasteiger partial charge on any atom is -0.325 e. The lowest BCUT2D eigenvalue weighted by atomic mass is 9.95. The number of hydrogen-bond donors (Lipinski definition) is 2. The molecule has 1 heterocycles. The fourth-order valence-electron chi connectivity index (χ4n) is 1.28. The maximum absolute atomic E-state index is 5.99. The van der Waals surface area contributed by atoms with E-state index >= 15 is 0 Å². The molecule has 0 radical (unpaired) electrons. The lowest BCUT2D eigenvalue weighted by molar-refractivity contribution is 0.424. The van der Waals surface area contributed by atoms with E-state index in [0.717, 1.165) is 15.7 Å². The largest absolute Gasteiger partial charge is 0.325 e. The van der Waals surface area contributed by atoms with Crippen molar-refractivity contribution in [3.63, 3.8) is 0 Å². The summed E-state index contributed by atoms with van der Waals surface area (Å²) in [6.07, 6.45) is 2.56. The molecule has 0 aliphatic carbocycles. The molecular weight excluding hydrogens is 289 g/mol. The monoisotopic (exact) mass is 305 g/mol. The summed E-state index contributed by atoms with van der Waals surface area (Å²) in [6, 6.07) is 3.89. The molecule has 0 fully saturated rings. The Bertz CT molecular complexity index is 289. The molecule has 4 N–H and O–H groups in total. The predicted molar refractivity (Wildman–Crippen MR) is 66.8 cm³/mol. The highest BCUT2D eigenvalue weighted by Gasteiger charge is 2.17. The first-order valence-electron chi connectivity index (χ1n) is 4.54. The van der Waals surface area contributed by atoms with E-state index in [1.807, 2.05) is 32.2 Å². The van der Waals surface area contributed by atoms with Crippen LogP contribution in [0.3, 0.4) is 0 Å². The molecule has 0 aliphatic heterocycles. The quantitative estimate of drug-likeness (QED) is 0.837. The van der Waals surface area contributed by atoms with Gasteiger partial charge in [0.2, 0.25) is 0 Å². The number of hydrogen-bond acceptors (Lipinski definition) is 3. The van der Waals surface area contributed by atoms with E-state index in [0.29, 0.717) is 0 Å². The molecule has 0 bridgehead atoms. The first kappa shape index (κ1) is 11.9. The van der Waals surface area contributed by atoms with Gasteiger partial charge in [-0.3, -0.25) is 4.98 Å². The van der Waals surface area contributed by atoms with Crippen LogP contribution < -0.4 is 11.5 Å². The fraction of sp³-hybridized carbons (Fsp3) is 0.500. The Morgan fingerprint density at radius 2 is 2.14 bits per heavy atom. The van der Waals surface area contributed by atoms with Gasteiger partial charge in [0.1, 0.15) is 0 Å². The summed E-state index contributed by atoms with van der Waals surface area (Å²) in [5.41, 5.74) is 12.5. The average molecular weight is 305 g/mol. The molecule has 0 saturated carbocycles. The summed E-state index contributed by atoms with van der Waals surface area (Å²) in [4.78, 5) is 4.27. The van der Waals surface area contributed by atoms with Crippen LogP contribution in [-0.4, -0.2) is 10.5 Å². The highest BCUT2D eigenvalue weighted by Crippen LogP contribution is 2.18. The Morgan fingerprint density at radius 1 is 1.50 bits per heavy atom. The summed E-state index contributed by atoms with van der Waals surface area (Å²) in [6.45, 7) is 3.94. The molecule has 1 aromatic heterocycles. The zero-order valence-electron chi connectivity index (χ0n) is 8.50. The zero-order valence-corrected chi connectivity index (χ0v) is 10.7. The molecule has 0 amide bonds. The lowest BCUT2D eigenvalue weighted by Crippen LogP contribution is -2.36. The van der Waals surface area contributed by atoms with Crippen LogP contribution >= 0.6 is 22.6 Å². The number of pyridine rings is 1. The Kier molecular flexibility index (Phi) is 3.86. The van der Waals surface area contributed by atoms with E-state index in [1.54, 1.807) is 0 Å². The van der Waals surface area contributed by atoms with Gasteiger partial charge in [0, 0.05) is 21.3 Å². The minimum atomic E-state index is -0.246. The smallest absolute Gasteiger partial charge is 0.0572 e. The van der Waals surface area contributed by atoms with Crippen LogP contribution in [0.4, 0.5) is 0 Å². The summed E-state index contributed by atoms with van der Waals surface area (Å²) in [5.74, 6) is 0. The Labute approximate surface area is 98.4 Å². The molecule has 0 aromatic carbocycles. The molecule has 78 valence electrons. The normalized spacial score (nSPS) is 14.1. The third-order valence-electron chi connectivity index (χ3n) is 1.88. The van der Waals surface area contributed by atoms with Gasteiger partial charge in [-0.15, -0.1) is 0 Å². The molecular formula is C10H16IN3.